The quantitative estimate of drug-likeness (QED) is 0.777. The number of benzene rings is 2. The molecule has 0 spiro atoms. The van der Waals surface area contributed by atoms with E-state index < -0.39 is 5.72 Å². The summed E-state index contributed by atoms with van der Waals surface area (Å²) in [5.41, 5.74) is 0.213. The van der Waals surface area contributed by atoms with Gasteiger partial charge in [0.25, 0.3) is 17.5 Å². The lowest BCUT2D eigenvalue weighted by Gasteiger charge is -2.28. The second-order valence-corrected chi connectivity index (χ2v) is 8.26. The monoisotopic (exact) mass is 419 g/mol. The molecule has 31 heavy (non-hydrogen) atoms. The van der Waals surface area contributed by atoms with Crippen LogP contribution in [0.4, 0.5) is 5.69 Å². The number of rotatable bonds is 3. The highest BCUT2D eigenvalue weighted by molar-refractivity contribution is 6.16. The molecule has 7 nitrogen and oxygen atoms in total. The van der Waals surface area contributed by atoms with Crippen molar-refractivity contribution in [1.82, 2.24) is 4.90 Å². The van der Waals surface area contributed by atoms with Gasteiger partial charge in [0, 0.05) is 12.0 Å². The summed E-state index contributed by atoms with van der Waals surface area (Å²) in [6, 6.07) is 16.9. The van der Waals surface area contributed by atoms with Gasteiger partial charge in [-0.2, -0.15) is 9.91 Å². The molecule has 160 valence electrons. The molecule has 0 aliphatic carbocycles. The molecular formula is C24H27N4O3+. The van der Waals surface area contributed by atoms with Crippen molar-refractivity contribution < 1.29 is 19.2 Å². The van der Waals surface area contributed by atoms with E-state index >= 15 is 0 Å². The third kappa shape index (κ3) is 3.39. The Kier molecular flexibility index (Phi) is 4.98. The van der Waals surface area contributed by atoms with Crippen LogP contribution in [-0.2, 0) is 10.5 Å². The highest BCUT2D eigenvalue weighted by Crippen LogP contribution is 2.37. The minimum absolute atomic E-state index is 0.0917. The number of para-hydroxylation sites is 1. The van der Waals surface area contributed by atoms with E-state index in [2.05, 4.69) is 4.58 Å². The predicted molar refractivity (Wildman–Crippen MR) is 118 cm³/mol. The molecule has 7 heteroatoms. The molecule has 3 aliphatic heterocycles. The molecule has 0 bridgehead atoms. The van der Waals surface area contributed by atoms with Crippen LogP contribution in [0.2, 0.25) is 0 Å². The third-order valence-electron chi connectivity index (χ3n) is 6.31. The Morgan fingerprint density at radius 3 is 2.58 bits per heavy atom. The number of amidine groups is 2. The maximum Gasteiger partial charge on any atom is 0.276 e. The molecule has 5 rings (SSSR count). The van der Waals surface area contributed by atoms with Crippen LogP contribution in [0.1, 0.15) is 37.7 Å². The first kappa shape index (κ1) is 19.8. The second kappa shape index (κ2) is 7.81. The van der Waals surface area contributed by atoms with Crippen molar-refractivity contribution in [2.24, 2.45) is 5.10 Å². The second-order valence-electron chi connectivity index (χ2n) is 8.26. The fourth-order valence-corrected chi connectivity index (χ4v) is 4.78. The van der Waals surface area contributed by atoms with Gasteiger partial charge in [0.05, 0.1) is 19.3 Å². The molecule has 2 aromatic rings. The number of hydrogen-bond acceptors (Lipinski definition) is 5. The molecule has 0 saturated carbocycles. The van der Waals surface area contributed by atoms with Gasteiger partial charge in [0.2, 0.25) is 5.84 Å². The summed E-state index contributed by atoms with van der Waals surface area (Å²) in [4.78, 5) is 14.8. The van der Waals surface area contributed by atoms with Crippen molar-refractivity contribution in [3.05, 3.63) is 60.2 Å². The summed E-state index contributed by atoms with van der Waals surface area (Å²) in [5.74, 6) is 2.29. The molecule has 2 aromatic carbocycles. The van der Waals surface area contributed by atoms with Gasteiger partial charge in [-0.3, -0.25) is 9.37 Å². The Labute approximate surface area is 181 Å². The van der Waals surface area contributed by atoms with Crippen LogP contribution in [0.15, 0.2) is 59.7 Å². The van der Waals surface area contributed by atoms with Gasteiger partial charge < -0.3 is 9.84 Å². The topological polar surface area (TPSA) is 68.4 Å². The van der Waals surface area contributed by atoms with Crippen LogP contribution in [0.25, 0.3) is 0 Å². The summed E-state index contributed by atoms with van der Waals surface area (Å²) >= 11 is 0. The molecule has 1 atom stereocenters. The van der Waals surface area contributed by atoms with Gasteiger partial charge >= 0.3 is 0 Å². The lowest BCUT2D eigenvalue weighted by Crippen LogP contribution is -2.50. The van der Waals surface area contributed by atoms with Crippen LogP contribution >= 0.6 is 0 Å². The van der Waals surface area contributed by atoms with E-state index in [0.717, 1.165) is 55.1 Å². The zero-order valence-electron chi connectivity index (χ0n) is 17.7. The highest BCUT2D eigenvalue weighted by atomic mass is 16.5. The maximum absolute atomic E-state index is 12.9. The molecule has 3 aliphatic rings. The Balaban J connectivity index is 1.57. The minimum atomic E-state index is -1.29. The number of anilines is 1. The van der Waals surface area contributed by atoms with Crippen molar-refractivity contribution in [2.75, 3.05) is 25.2 Å². The number of ether oxygens (including phenoxy) is 1. The van der Waals surface area contributed by atoms with E-state index in [9.17, 15) is 9.90 Å². The van der Waals surface area contributed by atoms with E-state index in [1.807, 2.05) is 59.5 Å². The van der Waals surface area contributed by atoms with Gasteiger partial charge in [-0.05, 0) is 55.7 Å². The van der Waals surface area contributed by atoms with E-state index in [1.54, 1.807) is 7.11 Å². The van der Waals surface area contributed by atoms with Gasteiger partial charge in [-0.25, -0.2) is 0 Å². The highest BCUT2D eigenvalue weighted by Gasteiger charge is 2.57. The average Bonchev–Trinajstić information content (AvgIpc) is 3.22. The van der Waals surface area contributed by atoms with Gasteiger partial charge in [0.1, 0.15) is 12.2 Å². The zero-order valence-corrected chi connectivity index (χ0v) is 17.7. The number of hydrogen-bond donors (Lipinski definition) is 1. The molecule has 0 radical (unpaired) electrons. The standard InChI is InChI=1S/C24H27N4O3/c1-31-20-13-11-18(12-14-20)24(30)17-26-15-7-3-6-10-22(26)27(24)21-16-23(29)28(25-21)19-8-4-2-5-9-19/h2,4-5,8-9,11-14,30H,3,6-7,10,15-17H2,1H3/q+1/t24-/m0/s1. The lowest BCUT2D eigenvalue weighted by atomic mass is 10.00. The number of carbonyl (C=O) groups excluding carboxylic acids is 1. The Morgan fingerprint density at radius 1 is 1.06 bits per heavy atom. The Hall–Kier alpha value is -3.19. The minimum Gasteiger partial charge on any atom is -0.497 e. The van der Waals surface area contributed by atoms with E-state index in [4.69, 9.17) is 9.84 Å². The summed E-state index contributed by atoms with van der Waals surface area (Å²) in [5, 5.41) is 18.2. The number of amides is 1. The van der Waals surface area contributed by atoms with E-state index in [-0.39, 0.29) is 12.3 Å². The molecule has 3 heterocycles. The predicted octanol–water partition coefficient (Wildman–Crippen LogP) is 2.89. The van der Waals surface area contributed by atoms with E-state index in [0.29, 0.717) is 12.4 Å². The lowest BCUT2D eigenvalue weighted by molar-refractivity contribution is -0.534. The molecule has 1 amide bonds. The first-order valence-corrected chi connectivity index (χ1v) is 10.8. The first-order valence-electron chi connectivity index (χ1n) is 10.8. The third-order valence-corrected chi connectivity index (χ3v) is 6.31. The number of methoxy groups -OCH3 is 1. The van der Waals surface area contributed by atoms with Crippen LogP contribution in [0.5, 0.6) is 5.75 Å². The van der Waals surface area contributed by atoms with E-state index in [1.165, 1.54) is 5.01 Å². The van der Waals surface area contributed by atoms with Gasteiger partial charge in [0.15, 0.2) is 6.54 Å². The Morgan fingerprint density at radius 2 is 1.84 bits per heavy atom. The average molecular weight is 420 g/mol. The van der Waals surface area contributed by atoms with Crippen molar-refractivity contribution in [3.63, 3.8) is 0 Å². The summed E-state index contributed by atoms with van der Waals surface area (Å²) < 4.78 is 7.55. The molecular weight excluding hydrogens is 392 g/mol. The van der Waals surface area contributed by atoms with Crippen LogP contribution < -0.4 is 9.75 Å². The molecule has 1 N–H and O–H groups in total. The zero-order chi connectivity index (χ0) is 21.4. The maximum atomic E-state index is 12.9. The van der Waals surface area contributed by atoms with Crippen molar-refractivity contribution in [3.8, 4) is 5.75 Å². The number of aliphatic hydroxyl groups is 1. The fourth-order valence-electron chi connectivity index (χ4n) is 4.78. The van der Waals surface area contributed by atoms with Gasteiger partial charge in [-0.1, -0.05) is 18.2 Å². The van der Waals surface area contributed by atoms with Crippen LogP contribution in [0, 0.1) is 0 Å². The molecule has 0 aromatic heterocycles. The number of carbonyl (C=O) groups is 1. The fraction of sp³-hybridized carbons (Fsp3) is 0.375. The SMILES string of the molecule is COc1ccc([C@@]2(O)C[N+]3=C(CCCCC3)N2C2=NN(c3ccccc3)C(=O)C2)cc1. The first-order chi connectivity index (χ1) is 15.1. The number of nitrogens with zero attached hydrogens (tertiary/aromatic N) is 4. The van der Waals surface area contributed by atoms with Gasteiger partial charge in [-0.15, -0.1) is 5.10 Å². The van der Waals surface area contributed by atoms with Crippen molar-refractivity contribution in [2.45, 2.75) is 37.8 Å². The summed E-state index contributed by atoms with van der Waals surface area (Å²) in [7, 11) is 1.63. The van der Waals surface area contributed by atoms with Crippen LogP contribution in [0.3, 0.4) is 0 Å². The largest absolute Gasteiger partial charge is 0.497 e. The molecule has 0 unspecified atom stereocenters. The van der Waals surface area contributed by atoms with Crippen LogP contribution in [-0.4, -0.2) is 52.4 Å². The van der Waals surface area contributed by atoms with Crippen molar-refractivity contribution in [1.29, 1.82) is 0 Å². The Bertz CT molecular complexity index is 1050. The number of hydrazone groups is 1. The molecule has 0 saturated heterocycles. The normalized spacial score (nSPS) is 23.7. The molecule has 0 fully saturated rings. The summed E-state index contributed by atoms with van der Waals surface area (Å²) in [6.45, 7) is 1.35. The summed E-state index contributed by atoms with van der Waals surface area (Å²) in [6.07, 6.45) is 4.33. The van der Waals surface area contributed by atoms with Crippen molar-refractivity contribution >= 4 is 23.3 Å². The smallest absolute Gasteiger partial charge is 0.276 e.